The van der Waals surface area contributed by atoms with Crippen LogP contribution < -0.4 is 4.74 Å². The molecule has 1 N–H and O–H groups in total. The summed E-state index contributed by atoms with van der Waals surface area (Å²) in [4.78, 5) is 2.37. The predicted molar refractivity (Wildman–Crippen MR) is 86.8 cm³/mol. The van der Waals surface area contributed by atoms with E-state index in [1.54, 1.807) is 0 Å². The minimum Gasteiger partial charge on any atom is -0.491 e. The Bertz CT molecular complexity index is 451. The second kappa shape index (κ2) is 7.28. The number of benzene rings is 1. The summed E-state index contributed by atoms with van der Waals surface area (Å²) in [5.41, 5.74) is 2.38. The number of ether oxygens (including phenoxy) is 1. The first kappa shape index (κ1) is 16.3. The van der Waals surface area contributed by atoms with Gasteiger partial charge in [0.15, 0.2) is 0 Å². The second-order valence-electron chi connectivity index (χ2n) is 6.83. The SMILES string of the molecule is Cc1cccc(OC[C@H](O)CN2C[C@@H](C)C[C@H](C)C2)c1C. The van der Waals surface area contributed by atoms with Crippen LogP contribution in [0.3, 0.4) is 0 Å². The minimum absolute atomic E-state index is 0.365. The number of hydrogen-bond donors (Lipinski definition) is 1. The van der Waals surface area contributed by atoms with Gasteiger partial charge in [-0.1, -0.05) is 26.0 Å². The fourth-order valence-electron chi connectivity index (χ4n) is 3.36. The summed E-state index contributed by atoms with van der Waals surface area (Å²) in [6, 6.07) is 6.05. The van der Waals surface area contributed by atoms with E-state index in [2.05, 4.69) is 38.7 Å². The monoisotopic (exact) mass is 291 g/mol. The number of likely N-dealkylation sites (tertiary alicyclic amines) is 1. The van der Waals surface area contributed by atoms with Gasteiger partial charge in [0.05, 0.1) is 0 Å². The zero-order chi connectivity index (χ0) is 15.4. The molecule has 3 atom stereocenters. The van der Waals surface area contributed by atoms with Crippen molar-refractivity contribution >= 4 is 0 Å². The van der Waals surface area contributed by atoms with Gasteiger partial charge in [0.2, 0.25) is 0 Å². The third kappa shape index (κ3) is 4.72. The maximum absolute atomic E-state index is 10.2. The van der Waals surface area contributed by atoms with Crippen LogP contribution in [0.25, 0.3) is 0 Å². The van der Waals surface area contributed by atoms with Crippen molar-refractivity contribution < 1.29 is 9.84 Å². The molecule has 0 unspecified atom stereocenters. The summed E-state index contributed by atoms with van der Waals surface area (Å²) in [5, 5.41) is 10.2. The molecule has 0 saturated carbocycles. The van der Waals surface area contributed by atoms with E-state index in [0.29, 0.717) is 13.2 Å². The fourth-order valence-corrected chi connectivity index (χ4v) is 3.36. The Labute approximate surface area is 128 Å². The number of piperidine rings is 1. The highest BCUT2D eigenvalue weighted by atomic mass is 16.5. The van der Waals surface area contributed by atoms with Crippen LogP contribution >= 0.6 is 0 Å². The summed E-state index contributed by atoms with van der Waals surface area (Å²) >= 11 is 0. The van der Waals surface area contributed by atoms with Gasteiger partial charge in [-0.05, 0) is 49.3 Å². The van der Waals surface area contributed by atoms with Crippen molar-refractivity contribution in [1.29, 1.82) is 0 Å². The fraction of sp³-hybridized carbons (Fsp3) is 0.667. The van der Waals surface area contributed by atoms with Crippen LogP contribution in [0.1, 0.15) is 31.4 Å². The molecule has 1 heterocycles. The molecule has 0 bridgehead atoms. The van der Waals surface area contributed by atoms with Crippen molar-refractivity contribution in [3.05, 3.63) is 29.3 Å². The highest BCUT2D eigenvalue weighted by Gasteiger charge is 2.23. The van der Waals surface area contributed by atoms with Gasteiger partial charge in [0, 0.05) is 19.6 Å². The molecule has 1 aliphatic heterocycles. The third-order valence-electron chi connectivity index (χ3n) is 4.40. The first-order valence-corrected chi connectivity index (χ1v) is 8.05. The van der Waals surface area contributed by atoms with Gasteiger partial charge in [-0.25, -0.2) is 0 Å². The molecule has 0 spiro atoms. The van der Waals surface area contributed by atoms with Crippen LogP contribution in [0.4, 0.5) is 0 Å². The Morgan fingerprint density at radius 2 is 1.90 bits per heavy atom. The summed E-state index contributed by atoms with van der Waals surface area (Å²) in [5.74, 6) is 2.33. The van der Waals surface area contributed by atoms with Gasteiger partial charge in [-0.15, -0.1) is 0 Å². The van der Waals surface area contributed by atoms with Crippen molar-refractivity contribution in [2.45, 2.75) is 40.2 Å². The van der Waals surface area contributed by atoms with Crippen LogP contribution in [0.2, 0.25) is 0 Å². The van der Waals surface area contributed by atoms with Crippen LogP contribution in [0.15, 0.2) is 18.2 Å². The van der Waals surface area contributed by atoms with Crippen LogP contribution in [-0.2, 0) is 0 Å². The van der Waals surface area contributed by atoms with Crippen molar-refractivity contribution in [2.75, 3.05) is 26.2 Å². The number of β-amino-alcohol motifs (C(OH)–C–C–N with tert-alkyl or cyclic N) is 1. The number of nitrogens with zero attached hydrogens (tertiary/aromatic N) is 1. The molecule has 3 heteroatoms. The Hall–Kier alpha value is -1.06. The van der Waals surface area contributed by atoms with Gasteiger partial charge in [-0.2, -0.15) is 0 Å². The molecule has 0 radical (unpaired) electrons. The predicted octanol–water partition coefficient (Wildman–Crippen LogP) is 3.02. The topological polar surface area (TPSA) is 32.7 Å². The zero-order valence-electron chi connectivity index (χ0n) is 13.8. The molecule has 1 aromatic rings. The molecule has 3 nitrogen and oxygen atoms in total. The van der Waals surface area contributed by atoms with E-state index in [9.17, 15) is 5.11 Å². The number of rotatable bonds is 5. The molecule has 2 rings (SSSR count). The molecule has 21 heavy (non-hydrogen) atoms. The number of aliphatic hydroxyl groups is 1. The van der Waals surface area contributed by atoms with Crippen molar-refractivity contribution in [3.8, 4) is 5.75 Å². The Balaban J connectivity index is 1.82. The lowest BCUT2D eigenvalue weighted by atomic mass is 9.92. The molecule has 1 aliphatic rings. The van der Waals surface area contributed by atoms with E-state index in [1.807, 2.05) is 12.1 Å². The van der Waals surface area contributed by atoms with E-state index in [1.165, 1.54) is 12.0 Å². The molecule has 1 aromatic carbocycles. The third-order valence-corrected chi connectivity index (χ3v) is 4.40. The summed E-state index contributed by atoms with van der Waals surface area (Å²) in [7, 11) is 0. The van der Waals surface area contributed by atoms with Gasteiger partial charge < -0.3 is 14.7 Å². The summed E-state index contributed by atoms with van der Waals surface area (Å²) < 4.78 is 5.80. The molecule has 1 saturated heterocycles. The molecule has 0 aliphatic carbocycles. The van der Waals surface area contributed by atoms with E-state index < -0.39 is 6.10 Å². The van der Waals surface area contributed by atoms with Crippen LogP contribution in [0, 0.1) is 25.7 Å². The standard InChI is InChI=1S/C18H29NO2/c1-13-8-14(2)10-19(9-13)11-17(20)12-21-18-7-5-6-15(3)16(18)4/h5-7,13-14,17,20H,8-12H2,1-4H3/t13-,14-,17+/m0/s1. The lowest BCUT2D eigenvalue weighted by Gasteiger charge is -2.35. The van der Waals surface area contributed by atoms with Gasteiger partial charge in [0.1, 0.15) is 18.5 Å². The number of hydrogen-bond acceptors (Lipinski definition) is 3. The van der Waals surface area contributed by atoms with E-state index in [4.69, 9.17) is 4.74 Å². The van der Waals surface area contributed by atoms with E-state index >= 15 is 0 Å². The maximum atomic E-state index is 10.2. The smallest absolute Gasteiger partial charge is 0.122 e. The highest BCUT2D eigenvalue weighted by Crippen LogP contribution is 2.22. The minimum atomic E-state index is -0.428. The summed E-state index contributed by atoms with van der Waals surface area (Å²) in [6.45, 7) is 12.0. The average molecular weight is 291 g/mol. The highest BCUT2D eigenvalue weighted by molar-refractivity contribution is 5.38. The number of aryl methyl sites for hydroxylation is 1. The van der Waals surface area contributed by atoms with Crippen molar-refractivity contribution in [1.82, 2.24) is 4.90 Å². The first-order valence-electron chi connectivity index (χ1n) is 8.05. The maximum Gasteiger partial charge on any atom is 0.122 e. The van der Waals surface area contributed by atoms with Gasteiger partial charge in [0.25, 0.3) is 0 Å². The Morgan fingerprint density at radius 3 is 2.57 bits per heavy atom. The second-order valence-corrected chi connectivity index (χ2v) is 6.83. The molecule has 118 valence electrons. The number of aliphatic hydroxyl groups excluding tert-OH is 1. The molecular weight excluding hydrogens is 262 g/mol. The molecular formula is C18H29NO2. The lowest BCUT2D eigenvalue weighted by Crippen LogP contribution is -2.44. The van der Waals surface area contributed by atoms with Crippen LogP contribution in [-0.4, -0.2) is 42.4 Å². The van der Waals surface area contributed by atoms with Crippen molar-refractivity contribution in [2.24, 2.45) is 11.8 Å². The molecule has 0 amide bonds. The van der Waals surface area contributed by atoms with Gasteiger partial charge in [-0.3, -0.25) is 0 Å². The largest absolute Gasteiger partial charge is 0.491 e. The quantitative estimate of drug-likeness (QED) is 0.905. The molecule has 1 fully saturated rings. The zero-order valence-corrected chi connectivity index (χ0v) is 13.8. The summed E-state index contributed by atoms with van der Waals surface area (Å²) in [6.07, 6.45) is 0.869. The van der Waals surface area contributed by atoms with Gasteiger partial charge >= 0.3 is 0 Å². The van der Waals surface area contributed by atoms with E-state index in [-0.39, 0.29) is 0 Å². The van der Waals surface area contributed by atoms with E-state index in [0.717, 1.165) is 36.2 Å². The first-order chi connectivity index (χ1) is 9.95. The lowest BCUT2D eigenvalue weighted by molar-refractivity contribution is 0.0427. The molecule has 0 aromatic heterocycles. The Morgan fingerprint density at radius 1 is 1.24 bits per heavy atom. The normalized spacial score (nSPS) is 24.8. The Kier molecular flexibility index (Phi) is 5.65. The average Bonchev–Trinajstić information content (AvgIpc) is 2.39. The van der Waals surface area contributed by atoms with Crippen molar-refractivity contribution in [3.63, 3.8) is 0 Å². The van der Waals surface area contributed by atoms with Crippen LogP contribution in [0.5, 0.6) is 5.75 Å².